The number of aryl methyl sites for hydroxylation is 2. The van der Waals surface area contributed by atoms with Crippen molar-refractivity contribution in [3.05, 3.63) is 53.2 Å². The molecule has 0 amide bonds. The lowest BCUT2D eigenvalue weighted by Gasteiger charge is -2.28. The van der Waals surface area contributed by atoms with E-state index in [-0.39, 0.29) is 0 Å². The van der Waals surface area contributed by atoms with Gasteiger partial charge in [0.25, 0.3) is 0 Å². The molecule has 150 valence electrons. The van der Waals surface area contributed by atoms with Crippen LogP contribution in [0.4, 0.5) is 0 Å². The van der Waals surface area contributed by atoms with Crippen LogP contribution in [0.2, 0.25) is 0 Å². The topological polar surface area (TPSA) is 99.5 Å². The van der Waals surface area contributed by atoms with Crippen molar-refractivity contribution >= 4 is 23.5 Å². The van der Waals surface area contributed by atoms with Gasteiger partial charge in [-0.2, -0.15) is 4.37 Å². The first-order chi connectivity index (χ1) is 13.4. The molecule has 0 saturated heterocycles. The number of benzene rings is 1. The van der Waals surface area contributed by atoms with Crippen molar-refractivity contribution in [1.29, 1.82) is 0 Å². The second-order valence-corrected chi connectivity index (χ2v) is 7.42. The highest BCUT2D eigenvalue weighted by molar-refractivity contribution is 7.09. The van der Waals surface area contributed by atoms with Gasteiger partial charge in [-0.05, 0) is 73.4 Å². The third-order valence-electron chi connectivity index (χ3n) is 4.39. The lowest BCUT2D eigenvalue weighted by atomic mass is 9.84. The van der Waals surface area contributed by atoms with E-state index in [1.54, 1.807) is 11.5 Å². The van der Waals surface area contributed by atoms with Crippen molar-refractivity contribution in [3.63, 3.8) is 0 Å². The fraction of sp³-hybridized carbons (Fsp3) is 0.381. The van der Waals surface area contributed by atoms with Gasteiger partial charge in [-0.3, -0.25) is 0 Å². The Morgan fingerprint density at radius 2 is 2.00 bits per heavy atom. The van der Waals surface area contributed by atoms with Crippen molar-refractivity contribution in [3.8, 4) is 10.4 Å². The molecule has 6 nitrogen and oxygen atoms in total. The molecule has 1 unspecified atom stereocenters. The molecule has 0 saturated carbocycles. The molecule has 28 heavy (non-hydrogen) atoms. The highest BCUT2D eigenvalue weighted by Crippen LogP contribution is 2.38. The van der Waals surface area contributed by atoms with Crippen LogP contribution < -0.4 is 5.32 Å². The van der Waals surface area contributed by atoms with Crippen LogP contribution in [0, 0.1) is 6.92 Å². The van der Waals surface area contributed by atoms with E-state index >= 15 is 0 Å². The summed E-state index contributed by atoms with van der Waals surface area (Å²) in [6, 6.07) is 9.49. The lowest BCUT2D eigenvalue weighted by Crippen LogP contribution is -2.26. The van der Waals surface area contributed by atoms with Crippen LogP contribution in [0.15, 0.2) is 36.4 Å². The summed E-state index contributed by atoms with van der Waals surface area (Å²) in [6.07, 6.45) is 6.06. The number of fused-ring (bicyclic) bond motifs is 1. The first-order valence-electron chi connectivity index (χ1n) is 9.35. The van der Waals surface area contributed by atoms with Crippen LogP contribution in [0.5, 0.6) is 0 Å². The quantitative estimate of drug-likeness (QED) is 0.626. The van der Waals surface area contributed by atoms with E-state index in [0.717, 1.165) is 12.2 Å². The van der Waals surface area contributed by atoms with E-state index in [1.165, 1.54) is 47.3 Å². The second kappa shape index (κ2) is 10.7. The van der Waals surface area contributed by atoms with E-state index in [1.807, 2.05) is 0 Å². The zero-order chi connectivity index (χ0) is 20.5. The number of aliphatic carboxylic acids is 2. The first-order valence-corrected chi connectivity index (χ1v) is 10.1. The van der Waals surface area contributed by atoms with Gasteiger partial charge in [0.05, 0.1) is 10.6 Å². The van der Waals surface area contributed by atoms with Crippen molar-refractivity contribution in [2.24, 2.45) is 0 Å². The fourth-order valence-electron chi connectivity index (χ4n) is 3.25. The summed E-state index contributed by atoms with van der Waals surface area (Å²) in [5.74, 6) is -2.51. The zero-order valence-corrected chi connectivity index (χ0v) is 17.0. The van der Waals surface area contributed by atoms with Gasteiger partial charge in [0, 0.05) is 18.2 Å². The van der Waals surface area contributed by atoms with Gasteiger partial charge in [0.15, 0.2) is 0 Å². The zero-order valence-electron chi connectivity index (χ0n) is 16.1. The Kier molecular flexibility index (Phi) is 8.35. The molecule has 0 aliphatic heterocycles. The lowest BCUT2D eigenvalue weighted by molar-refractivity contribution is -0.134. The summed E-state index contributed by atoms with van der Waals surface area (Å²) >= 11 is 1.62. The minimum Gasteiger partial charge on any atom is -0.478 e. The Balaban J connectivity index is 0.000000300. The van der Waals surface area contributed by atoms with Gasteiger partial charge in [-0.1, -0.05) is 25.1 Å². The molecule has 0 radical (unpaired) electrons. The van der Waals surface area contributed by atoms with E-state index < -0.39 is 11.9 Å². The smallest absolute Gasteiger partial charge is 0.328 e. The minimum atomic E-state index is -1.26. The summed E-state index contributed by atoms with van der Waals surface area (Å²) in [7, 11) is 0. The van der Waals surface area contributed by atoms with Gasteiger partial charge < -0.3 is 15.5 Å². The van der Waals surface area contributed by atoms with E-state index in [9.17, 15) is 9.59 Å². The van der Waals surface area contributed by atoms with E-state index in [2.05, 4.69) is 47.8 Å². The first kappa shape index (κ1) is 21.8. The maximum absolute atomic E-state index is 9.55. The van der Waals surface area contributed by atoms with Gasteiger partial charge >= 0.3 is 11.9 Å². The molecule has 1 aromatic carbocycles. The van der Waals surface area contributed by atoms with Crippen LogP contribution in [0.3, 0.4) is 0 Å². The van der Waals surface area contributed by atoms with Crippen molar-refractivity contribution in [1.82, 2.24) is 9.69 Å². The average molecular weight is 403 g/mol. The molecule has 1 heterocycles. The third-order valence-corrected chi connectivity index (χ3v) is 5.30. The molecular formula is C21H26N2O4S. The molecule has 0 fully saturated rings. The standard InChI is InChI=1S/C17H22N2S.C4H4O4/c1-3-10-18-15-9-5-7-13-6-4-8-14(17(13)15)16-11-12(2)19-20-16;5-3(6)1-2-4(7)8/h4,6,8,11,15,18H,3,5,7,9-10H2,1-2H3;1-2H,(H,5,6)(H,7,8). The summed E-state index contributed by atoms with van der Waals surface area (Å²) < 4.78 is 4.45. The molecule has 0 spiro atoms. The summed E-state index contributed by atoms with van der Waals surface area (Å²) in [5, 5.41) is 19.4. The third kappa shape index (κ3) is 6.28. The van der Waals surface area contributed by atoms with E-state index in [0.29, 0.717) is 18.2 Å². The van der Waals surface area contributed by atoms with Crippen LogP contribution >= 0.6 is 11.5 Å². The van der Waals surface area contributed by atoms with Crippen LogP contribution in [0.1, 0.15) is 49.0 Å². The number of carboxylic acids is 2. The Bertz CT molecular complexity index is 829. The molecular weight excluding hydrogens is 376 g/mol. The van der Waals surface area contributed by atoms with Gasteiger partial charge in [0.2, 0.25) is 0 Å². The van der Waals surface area contributed by atoms with Crippen LogP contribution in [-0.2, 0) is 16.0 Å². The molecule has 3 rings (SSSR count). The average Bonchev–Trinajstić information content (AvgIpc) is 3.11. The number of aromatic nitrogens is 1. The highest BCUT2D eigenvalue weighted by Gasteiger charge is 2.23. The number of hydrogen-bond acceptors (Lipinski definition) is 5. The Hall–Kier alpha value is -2.51. The molecule has 1 atom stereocenters. The number of rotatable bonds is 6. The Labute approximate surface area is 169 Å². The summed E-state index contributed by atoms with van der Waals surface area (Å²) in [6.45, 7) is 5.40. The highest BCUT2D eigenvalue weighted by atomic mass is 32.1. The Morgan fingerprint density at radius 3 is 2.57 bits per heavy atom. The number of carboxylic acid groups (broad SMARTS) is 2. The molecule has 1 aliphatic carbocycles. The largest absolute Gasteiger partial charge is 0.478 e. The number of hydrogen-bond donors (Lipinski definition) is 3. The minimum absolute atomic E-state index is 0.511. The van der Waals surface area contributed by atoms with Gasteiger partial charge in [-0.25, -0.2) is 9.59 Å². The molecule has 3 N–H and O–H groups in total. The fourth-order valence-corrected chi connectivity index (χ4v) is 4.05. The maximum atomic E-state index is 9.55. The molecule has 7 heteroatoms. The molecule has 1 aromatic heterocycles. The maximum Gasteiger partial charge on any atom is 0.328 e. The molecule has 1 aliphatic rings. The van der Waals surface area contributed by atoms with Crippen molar-refractivity contribution < 1.29 is 19.8 Å². The number of nitrogens with one attached hydrogen (secondary N) is 1. The normalized spacial score (nSPS) is 15.6. The number of nitrogens with zero attached hydrogens (tertiary/aromatic N) is 1. The van der Waals surface area contributed by atoms with Crippen LogP contribution in [0.25, 0.3) is 10.4 Å². The predicted molar refractivity (Wildman–Crippen MR) is 111 cm³/mol. The van der Waals surface area contributed by atoms with Crippen molar-refractivity contribution in [2.45, 2.75) is 45.6 Å². The van der Waals surface area contributed by atoms with Crippen LogP contribution in [-0.4, -0.2) is 33.1 Å². The van der Waals surface area contributed by atoms with E-state index in [4.69, 9.17) is 10.2 Å². The Morgan fingerprint density at radius 1 is 1.29 bits per heavy atom. The number of carbonyl (C=O) groups is 2. The van der Waals surface area contributed by atoms with Gasteiger partial charge in [-0.15, -0.1) is 0 Å². The second-order valence-electron chi connectivity index (χ2n) is 6.62. The summed E-state index contributed by atoms with van der Waals surface area (Å²) in [5.41, 5.74) is 5.56. The monoisotopic (exact) mass is 402 g/mol. The summed E-state index contributed by atoms with van der Waals surface area (Å²) in [4.78, 5) is 20.4. The SMILES string of the molecule is CCCNC1CCCc2cccc(-c3cc(C)ns3)c21.O=C(O)C=CC(=O)O. The predicted octanol–water partition coefficient (Wildman–Crippen LogP) is 4.21. The van der Waals surface area contributed by atoms with Gasteiger partial charge in [0.1, 0.15) is 0 Å². The van der Waals surface area contributed by atoms with Crippen molar-refractivity contribution in [2.75, 3.05) is 6.54 Å². The molecule has 2 aromatic rings. The molecule has 0 bridgehead atoms.